The van der Waals surface area contributed by atoms with E-state index in [2.05, 4.69) is 5.32 Å². The van der Waals surface area contributed by atoms with Crippen LogP contribution in [-0.4, -0.2) is 64.7 Å². The molecule has 0 spiro atoms. The third-order valence-corrected chi connectivity index (χ3v) is 1.78. The normalized spacial score (nSPS) is 20.4. The van der Waals surface area contributed by atoms with Crippen LogP contribution in [0.5, 0.6) is 0 Å². The monoisotopic (exact) mass is 193 g/mol. The van der Waals surface area contributed by atoms with Crippen molar-refractivity contribution in [2.75, 3.05) is 13.7 Å². The average molecular weight is 193 g/mol. The van der Waals surface area contributed by atoms with Crippen molar-refractivity contribution >= 4 is 6.29 Å². The van der Waals surface area contributed by atoms with Crippen LogP contribution in [0.25, 0.3) is 0 Å². The maximum absolute atomic E-state index is 10.3. The summed E-state index contributed by atoms with van der Waals surface area (Å²) in [5, 5.41) is 38.2. The zero-order valence-electron chi connectivity index (χ0n) is 7.29. The van der Waals surface area contributed by atoms with Gasteiger partial charge in [0.25, 0.3) is 0 Å². The second-order valence-electron chi connectivity index (χ2n) is 2.68. The summed E-state index contributed by atoms with van der Waals surface area (Å²) in [6, 6.07) is -0.962. The van der Waals surface area contributed by atoms with Crippen molar-refractivity contribution in [2.45, 2.75) is 24.4 Å². The quantitative estimate of drug-likeness (QED) is 0.285. The predicted octanol–water partition coefficient (Wildman–Crippen LogP) is -3.15. The molecule has 78 valence electrons. The molecule has 0 aromatic carbocycles. The highest BCUT2D eigenvalue weighted by molar-refractivity contribution is 5.58. The molecule has 0 aromatic rings. The number of hydrogen-bond acceptors (Lipinski definition) is 6. The molecular weight excluding hydrogens is 178 g/mol. The second-order valence-corrected chi connectivity index (χ2v) is 2.68. The first kappa shape index (κ1) is 12.5. The summed E-state index contributed by atoms with van der Waals surface area (Å²) < 4.78 is 0. The van der Waals surface area contributed by atoms with Crippen LogP contribution in [0.15, 0.2) is 0 Å². The number of aliphatic hydroxyl groups is 4. The van der Waals surface area contributed by atoms with Crippen molar-refractivity contribution in [2.24, 2.45) is 0 Å². The molecule has 6 nitrogen and oxygen atoms in total. The summed E-state index contributed by atoms with van der Waals surface area (Å²) in [4.78, 5) is 10.3. The van der Waals surface area contributed by atoms with Crippen LogP contribution in [0.1, 0.15) is 0 Å². The molecule has 13 heavy (non-hydrogen) atoms. The molecular formula is C7H15NO5. The molecule has 0 unspecified atom stereocenters. The van der Waals surface area contributed by atoms with Crippen molar-refractivity contribution in [3.05, 3.63) is 0 Å². The highest BCUT2D eigenvalue weighted by Gasteiger charge is 2.29. The van der Waals surface area contributed by atoms with E-state index >= 15 is 0 Å². The Morgan fingerprint density at radius 1 is 1.31 bits per heavy atom. The van der Waals surface area contributed by atoms with Crippen molar-refractivity contribution in [3.8, 4) is 0 Å². The van der Waals surface area contributed by atoms with Crippen molar-refractivity contribution in [1.29, 1.82) is 0 Å². The molecule has 4 atom stereocenters. The van der Waals surface area contributed by atoms with Crippen LogP contribution in [0.3, 0.4) is 0 Å². The molecule has 0 saturated heterocycles. The summed E-state index contributed by atoms with van der Waals surface area (Å²) in [5.74, 6) is 0. The van der Waals surface area contributed by atoms with Gasteiger partial charge in [0, 0.05) is 0 Å². The maximum Gasteiger partial charge on any atom is 0.139 e. The molecule has 0 radical (unpaired) electrons. The lowest BCUT2D eigenvalue weighted by molar-refractivity contribution is -0.119. The fraction of sp³-hybridized carbons (Fsp3) is 0.857. The first-order valence-electron chi connectivity index (χ1n) is 3.86. The number of likely N-dealkylation sites (N-methyl/N-ethyl adjacent to an activating group) is 1. The Hall–Kier alpha value is -0.530. The topological polar surface area (TPSA) is 110 Å². The summed E-state index contributed by atoms with van der Waals surface area (Å²) in [6.07, 6.45) is -4.03. The van der Waals surface area contributed by atoms with Crippen molar-refractivity contribution < 1.29 is 25.2 Å². The van der Waals surface area contributed by atoms with Gasteiger partial charge in [-0.25, -0.2) is 0 Å². The summed E-state index contributed by atoms with van der Waals surface area (Å²) in [7, 11) is 1.43. The maximum atomic E-state index is 10.3. The van der Waals surface area contributed by atoms with E-state index in [0.717, 1.165) is 0 Å². The first-order chi connectivity index (χ1) is 6.08. The molecule has 0 bridgehead atoms. The number of carbonyl (C=O) groups excluding carboxylic acids is 1. The fourth-order valence-corrected chi connectivity index (χ4v) is 0.867. The molecule has 0 aromatic heterocycles. The number of aldehydes is 1. The average Bonchev–Trinajstić information content (AvgIpc) is 2.17. The minimum Gasteiger partial charge on any atom is -0.394 e. The van der Waals surface area contributed by atoms with Gasteiger partial charge >= 0.3 is 0 Å². The molecule has 0 heterocycles. The van der Waals surface area contributed by atoms with Gasteiger partial charge in [-0.3, -0.25) is 0 Å². The minimum atomic E-state index is -1.55. The van der Waals surface area contributed by atoms with Crippen LogP contribution < -0.4 is 5.32 Å². The lowest BCUT2D eigenvalue weighted by Gasteiger charge is -2.25. The molecule has 5 N–H and O–H groups in total. The molecule has 0 rings (SSSR count). The Balaban J connectivity index is 4.21. The third-order valence-electron chi connectivity index (χ3n) is 1.78. The summed E-state index contributed by atoms with van der Waals surface area (Å²) in [6.45, 7) is -0.673. The third kappa shape index (κ3) is 3.37. The Morgan fingerprint density at radius 2 is 1.85 bits per heavy atom. The van der Waals surface area contributed by atoms with E-state index in [1.807, 2.05) is 0 Å². The lowest BCUT2D eigenvalue weighted by Crippen LogP contribution is -2.51. The fourth-order valence-electron chi connectivity index (χ4n) is 0.867. The zero-order valence-corrected chi connectivity index (χ0v) is 7.29. The van der Waals surface area contributed by atoms with Gasteiger partial charge in [-0.2, -0.15) is 0 Å². The van der Waals surface area contributed by atoms with Crippen LogP contribution >= 0.6 is 0 Å². The van der Waals surface area contributed by atoms with Gasteiger partial charge in [0.15, 0.2) is 0 Å². The summed E-state index contributed by atoms with van der Waals surface area (Å²) >= 11 is 0. The van der Waals surface area contributed by atoms with E-state index in [-0.39, 0.29) is 0 Å². The number of nitrogens with one attached hydrogen (secondary N) is 1. The van der Waals surface area contributed by atoms with Gasteiger partial charge in [-0.05, 0) is 7.05 Å². The number of aliphatic hydroxyl groups excluding tert-OH is 4. The SMILES string of the molecule is CN[C@H](C=O)[C@H](O)[C@@H](O)[C@H](O)CO. The molecule has 0 aliphatic heterocycles. The predicted molar refractivity (Wildman–Crippen MR) is 44.0 cm³/mol. The Morgan fingerprint density at radius 3 is 2.15 bits per heavy atom. The van der Waals surface area contributed by atoms with Gasteiger partial charge in [-0.1, -0.05) is 0 Å². The van der Waals surface area contributed by atoms with Crippen molar-refractivity contribution in [3.63, 3.8) is 0 Å². The van der Waals surface area contributed by atoms with Crippen LogP contribution in [0.4, 0.5) is 0 Å². The summed E-state index contributed by atoms with van der Waals surface area (Å²) in [5.41, 5.74) is 0. The Labute approximate surface area is 75.8 Å². The number of rotatable bonds is 6. The molecule has 0 aliphatic carbocycles. The van der Waals surface area contributed by atoms with E-state index in [0.29, 0.717) is 6.29 Å². The smallest absolute Gasteiger partial charge is 0.139 e. The number of hydrogen-bond donors (Lipinski definition) is 5. The Bertz CT molecular complexity index is 154. The minimum absolute atomic E-state index is 0.415. The molecule has 0 amide bonds. The van der Waals surface area contributed by atoms with Gasteiger partial charge in [0.05, 0.1) is 12.6 Å². The van der Waals surface area contributed by atoms with Gasteiger partial charge in [0.1, 0.15) is 24.6 Å². The van der Waals surface area contributed by atoms with E-state index < -0.39 is 31.0 Å². The van der Waals surface area contributed by atoms with Crippen LogP contribution in [-0.2, 0) is 4.79 Å². The molecule has 6 heteroatoms. The standard InChI is InChI=1S/C7H15NO5/c1-8-4(2-9)6(12)7(13)5(11)3-10/h2,4-8,10-13H,3H2,1H3/t4-,5-,6+,7+/m1/s1. The molecule has 0 aliphatic rings. The van der Waals surface area contributed by atoms with Gasteiger partial charge in [0.2, 0.25) is 0 Å². The largest absolute Gasteiger partial charge is 0.394 e. The number of carbonyl (C=O) groups is 1. The van der Waals surface area contributed by atoms with Gasteiger partial charge in [-0.15, -0.1) is 0 Å². The first-order valence-corrected chi connectivity index (χ1v) is 3.86. The van der Waals surface area contributed by atoms with E-state index in [1.54, 1.807) is 0 Å². The lowest BCUT2D eigenvalue weighted by atomic mass is 10.0. The molecule has 0 saturated carbocycles. The van der Waals surface area contributed by atoms with Crippen LogP contribution in [0, 0.1) is 0 Å². The molecule has 0 fully saturated rings. The second kappa shape index (κ2) is 6.01. The highest BCUT2D eigenvalue weighted by atomic mass is 16.4. The van der Waals surface area contributed by atoms with E-state index in [1.165, 1.54) is 7.05 Å². The van der Waals surface area contributed by atoms with Crippen molar-refractivity contribution in [1.82, 2.24) is 5.32 Å². The van der Waals surface area contributed by atoms with Gasteiger partial charge < -0.3 is 30.5 Å². The van der Waals surface area contributed by atoms with Crippen LogP contribution in [0.2, 0.25) is 0 Å². The van der Waals surface area contributed by atoms with E-state index in [4.69, 9.17) is 15.3 Å². The zero-order chi connectivity index (χ0) is 10.4. The highest BCUT2D eigenvalue weighted by Crippen LogP contribution is 2.03. The Kier molecular flexibility index (Phi) is 5.76. The van der Waals surface area contributed by atoms with E-state index in [9.17, 15) is 9.90 Å².